The van der Waals surface area contributed by atoms with Crippen LogP contribution in [-0.2, 0) is 11.8 Å². The predicted molar refractivity (Wildman–Crippen MR) is 118 cm³/mol. The molecule has 3 aromatic heterocycles. The van der Waals surface area contributed by atoms with Crippen LogP contribution in [0.2, 0.25) is 0 Å². The molecule has 0 amide bonds. The first-order valence-electron chi connectivity index (χ1n) is 10.4. The van der Waals surface area contributed by atoms with E-state index in [0.29, 0.717) is 37.4 Å². The standard InChI is InChI=1S/C23H21FN6O3/c1-14-26-22(28-33-14)16-5-3-15(4-6-16)20-13-30(9-10-32-20)23-27-19(11-21(31)29(23)2)17-7-8-25-12-18(17)24/h3-8,11-12,20H,9-10,13H2,1-2H3. The summed E-state index contributed by atoms with van der Waals surface area (Å²) in [5, 5.41) is 3.94. The van der Waals surface area contributed by atoms with Crippen molar-refractivity contribution < 1.29 is 13.7 Å². The van der Waals surface area contributed by atoms with Gasteiger partial charge in [-0.3, -0.25) is 14.3 Å². The third kappa shape index (κ3) is 4.12. The molecule has 4 heterocycles. The number of morpholine rings is 1. The Balaban J connectivity index is 1.42. The highest BCUT2D eigenvalue weighted by Gasteiger charge is 2.25. The first-order valence-corrected chi connectivity index (χ1v) is 10.4. The molecule has 0 spiro atoms. The molecule has 9 nitrogen and oxygen atoms in total. The topological polar surface area (TPSA) is 99.2 Å². The van der Waals surface area contributed by atoms with Crippen LogP contribution >= 0.6 is 0 Å². The molecule has 0 N–H and O–H groups in total. The molecule has 1 atom stereocenters. The molecule has 33 heavy (non-hydrogen) atoms. The predicted octanol–water partition coefficient (Wildman–Crippen LogP) is 2.92. The van der Waals surface area contributed by atoms with Crippen molar-refractivity contribution in [3.05, 3.63) is 76.4 Å². The number of aromatic nitrogens is 5. The smallest absolute Gasteiger partial charge is 0.255 e. The fourth-order valence-corrected chi connectivity index (χ4v) is 3.83. The van der Waals surface area contributed by atoms with Crippen LogP contribution in [0.4, 0.5) is 10.3 Å². The first-order chi connectivity index (χ1) is 16.0. The summed E-state index contributed by atoms with van der Waals surface area (Å²) in [6.07, 6.45) is 2.36. The van der Waals surface area contributed by atoms with Gasteiger partial charge in [-0.15, -0.1) is 0 Å². The van der Waals surface area contributed by atoms with Gasteiger partial charge >= 0.3 is 0 Å². The highest BCUT2D eigenvalue weighted by Crippen LogP contribution is 2.28. The number of hydrogen-bond acceptors (Lipinski definition) is 8. The van der Waals surface area contributed by atoms with Gasteiger partial charge in [-0.05, 0) is 11.6 Å². The summed E-state index contributed by atoms with van der Waals surface area (Å²) in [6.45, 7) is 3.25. The number of rotatable bonds is 4. The maximum Gasteiger partial charge on any atom is 0.255 e. The van der Waals surface area contributed by atoms with Crippen LogP contribution in [0.3, 0.4) is 0 Å². The van der Waals surface area contributed by atoms with E-state index in [9.17, 15) is 9.18 Å². The average molecular weight is 448 g/mol. The van der Waals surface area contributed by atoms with Crippen LogP contribution in [0.5, 0.6) is 0 Å². The highest BCUT2D eigenvalue weighted by molar-refractivity contribution is 5.60. The summed E-state index contributed by atoms with van der Waals surface area (Å²) in [4.78, 5) is 27.2. The minimum Gasteiger partial charge on any atom is -0.370 e. The second kappa shape index (κ2) is 8.55. The highest BCUT2D eigenvalue weighted by atomic mass is 19.1. The molecule has 4 aromatic rings. The van der Waals surface area contributed by atoms with Gasteiger partial charge in [0.1, 0.15) is 6.10 Å². The molecule has 5 rings (SSSR count). The van der Waals surface area contributed by atoms with Gasteiger partial charge < -0.3 is 14.2 Å². The van der Waals surface area contributed by atoms with Crippen molar-refractivity contribution in [3.63, 3.8) is 0 Å². The average Bonchev–Trinajstić information content (AvgIpc) is 3.27. The zero-order valence-electron chi connectivity index (χ0n) is 18.1. The lowest BCUT2D eigenvalue weighted by atomic mass is 10.1. The lowest BCUT2D eigenvalue weighted by Crippen LogP contribution is -2.41. The molecule has 0 radical (unpaired) electrons. The van der Waals surface area contributed by atoms with Crippen molar-refractivity contribution in [3.8, 4) is 22.6 Å². The maximum atomic E-state index is 14.3. The largest absolute Gasteiger partial charge is 0.370 e. The summed E-state index contributed by atoms with van der Waals surface area (Å²) >= 11 is 0. The second-order valence-corrected chi connectivity index (χ2v) is 7.76. The molecular weight excluding hydrogens is 427 g/mol. The van der Waals surface area contributed by atoms with E-state index in [1.54, 1.807) is 14.0 Å². The summed E-state index contributed by atoms with van der Waals surface area (Å²) < 4.78 is 26.8. The van der Waals surface area contributed by atoms with Crippen molar-refractivity contribution in [2.24, 2.45) is 7.05 Å². The van der Waals surface area contributed by atoms with Crippen molar-refractivity contribution in [2.45, 2.75) is 13.0 Å². The van der Waals surface area contributed by atoms with Gasteiger partial charge in [0.2, 0.25) is 17.7 Å². The second-order valence-electron chi connectivity index (χ2n) is 7.76. The molecule has 0 bridgehead atoms. The van der Waals surface area contributed by atoms with Gasteiger partial charge in [0.15, 0.2) is 5.82 Å². The lowest BCUT2D eigenvalue weighted by Gasteiger charge is -2.34. The van der Waals surface area contributed by atoms with Gasteiger partial charge in [0, 0.05) is 43.9 Å². The molecule has 1 aliphatic heterocycles. The van der Waals surface area contributed by atoms with Crippen LogP contribution in [0.1, 0.15) is 17.6 Å². The Bertz CT molecular complexity index is 1350. The van der Waals surface area contributed by atoms with Crippen LogP contribution in [0.15, 0.2) is 58.1 Å². The van der Waals surface area contributed by atoms with E-state index in [-0.39, 0.29) is 22.9 Å². The number of benzene rings is 1. The molecule has 1 aliphatic rings. The van der Waals surface area contributed by atoms with Gasteiger partial charge in [-0.25, -0.2) is 9.37 Å². The van der Waals surface area contributed by atoms with Crippen LogP contribution in [0.25, 0.3) is 22.6 Å². The fourth-order valence-electron chi connectivity index (χ4n) is 3.83. The van der Waals surface area contributed by atoms with Crippen LogP contribution in [-0.4, -0.2) is 44.4 Å². The molecule has 0 aliphatic carbocycles. The summed E-state index contributed by atoms with van der Waals surface area (Å²) in [6, 6.07) is 10.6. The Kier molecular flexibility index (Phi) is 5.43. The Labute approximate surface area is 188 Å². The third-order valence-corrected chi connectivity index (χ3v) is 5.58. The van der Waals surface area contributed by atoms with Crippen molar-refractivity contribution >= 4 is 5.95 Å². The number of nitrogens with zero attached hydrogens (tertiary/aromatic N) is 6. The minimum absolute atomic E-state index is 0.224. The number of halogens is 1. The fraction of sp³-hybridized carbons (Fsp3) is 0.261. The summed E-state index contributed by atoms with van der Waals surface area (Å²) in [7, 11) is 1.66. The minimum atomic E-state index is -0.527. The van der Waals surface area contributed by atoms with Gasteiger partial charge in [0.05, 0.1) is 25.0 Å². The number of anilines is 1. The van der Waals surface area contributed by atoms with Gasteiger partial charge in [-0.1, -0.05) is 29.4 Å². The normalized spacial score (nSPS) is 16.2. The Hall–Kier alpha value is -3.92. The number of hydrogen-bond donors (Lipinski definition) is 0. The Morgan fingerprint density at radius 2 is 1.97 bits per heavy atom. The number of ether oxygens (including phenoxy) is 1. The van der Waals surface area contributed by atoms with E-state index in [2.05, 4.69) is 20.1 Å². The molecule has 1 fully saturated rings. The summed E-state index contributed by atoms with van der Waals surface area (Å²) in [5.41, 5.74) is 2.07. The zero-order chi connectivity index (χ0) is 22.9. The van der Waals surface area contributed by atoms with Gasteiger partial charge in [-0.2, -0.15) is 4.98 Å². The lowest BCUT2D eigenvalue weighted by molar-refractivity contribution is 0.0390. The van der Waals surface area contributed by atoms with E-state index in [4.69, 9.17) is 9.26 Å². The molecule has 1 unspecified atom stereocenters. The van der Waals surface area contributed by atoms with E-state index in [1.165, 1.54) is 22.9 Å². The van der Waals surface area contributed by atoms with Crippen molar-refractivity contribution in [2.75, 3.05) is 24.6 Å². The zero-order valence-corrected chi connectivity index (χ0v) is 18.1. The monoisotopic (exact) mass is 448 g/mol. The number of aryl methyl sites for hydroxylation is 1. The Morgan fingerprint density at radius 3 is 2.70 bits per heavy atom. The van der Waals surface area contributed by atoms with Crippen LogP contribution in [0, 0.1) is 12.7 Å². The van der Waals surface area contributed by atoms with E-state index in [0.717, 1.165) is 17.3 Å². The molecule has 168 valence electrons. The molecule has 0 saturated carbocycles. The van der Waals surface area contributed by atoms with E-state index < -0.39 is 5.82 Å². The first kappa shape index (κ1) is 21.0. The third-order valence-electron chi connectivity index (χ3n) is 5.58. The molecule has 1 aromatic carbocycles. The van der Waals surface area contributed by atoms with Crippen molar-refractivity contribution in [1.29, 1.82) is 0 Å². The molecule has 10 heteroatoms. The van der Waals surface area contributed by atoms with Gasteiger partial charge in [0.25, 0.3) is 5.56 Å². The maximum absolute atomic E-state index is 14.3. The van der Waals surface area contributed by atoms with E-state index >= 15 is 0 Å². The molecule has 1 saturated heterocycles. The van der Waals surface area contributed by atoms with Crippen molar-refractivity contribution in [1.82, 2.24) is 24.7 Å². The number of pyridine rings is 1. The summed E-state index contributed by atoms with van der Waals surface area (Å²) in [5.74, 6) is 0.971. The van der Waals surface area contributed by atoms with Crippen LogP contribution < -0.4 is 10.5 Å². The Morgan fingerprint density at radius 1 is 1.15 bits per heavy atom. The quantitative estimate of drug-likeness (QED) is 0.470. The van der Waals surface area contributed by atoms with E-state index in [1.807, 2.05) is 29.2 Å². The SMILES string of the molecule is Cc1nc(-c2ccc(C3CN(c4nc(-c5ccncc5F)cc(=O)n4C)CCO3)cc2)no1. The molecular formula is C23H21FN6O3.